The third kappa shape index (κ3) is 5.70. The van der Waals surface area contributed by atoms with Crippen LogP contribution in [0.4, 0.5) is 28.4 Å². The van der Waals surface area contributed by atoms with Gasteiger partial charge in [0.2, 0.25) is 0 Å². The molecule has 2 nitrogen and oxygen atoms in total. The molecular formula is C36H28Cl2N2. The molecule has 0 saturated carbocycles. The molecule has 0 bridgehead atoms. The van der Waals surface area contributed by atoms with Crippen LogP contribution < -0.4 is 9.80 Å². The predicted octanol–water partition coefficient (Wildman–Crippen LogP) is 11.2. The quantitative estimate of drug-likeness (QED) is 0.196. The van der Waals surface area contributed by atoms with E-state index in [9.17, 15) is 0 Å². The van der Waals surface area contributed by atoms with E-state index >= 15 is 0 Å². The van der Waals surface area contributed by atoms with E-state index in [4.69, 9.17) is 23.2 Å². The Morgan fingerprint density at radius 1 is 0.475 bits per heavy atom. The number of hydrogen-bond acceptors (Lipinski definition) is 2. The van der Waals surface area contributed by atoms with Crippen molar-refractivity contribution in [3.05, 3.63) is 162 Å². The molecule has 0 aliphatic heterocycles. The SMILES string of the molecule is Clc1ccc(N(c2ccccc2)c2ccc(-c3ccc(N(c4ccc(Cl)cc4)C4C=CC=CC4)cc3)cc2)cc1. The summed E-state index contributed by atoms with van der Waals surface area (Å²) >= 11 is 12.4. The van der Waals surface area contributed by atoms with Crippen molar-refractivity contribution in [2.24, 2.45) is 0 Å². The summed E-state index contributed by atoms with van der Waals surface area (Å²) in [6.07, 6.45) is 9.64. The number of para-hydroxylation sites is 1. The maximum absolute atomic E-state index is 6.19. The van der Waals surface area contributed by atoms with Gasteiger partial charge in [0.25, 0.3) is 0 Å². The normalized spacial score (nSPS) is 14.2. The third-order valence-corrected chi connectivity index (χ3v) is 7.60. The molecule has 0 spiro atoms. The van der Waals surface area contributed by atoms with Gasteiger partial charge in [-0.2, -0.15) is 0 Å². The van der Waals surface area contributed by atoms with E-state index in [0.29, 0.717) is 0 Å². The minimum absolute atomic E-state index is 0.244. The molecular weight excluding hydrogens is 531 g/mol. The van der Waals surface area contributed by atoms with Crippen LogP contribution in [0, 0.1) is 0 Å². The summed E-state index contributed by atoms with van der Waals surface area (Å²) in [6, 6.07) is 44.1. The highest BCUT2D eigenvalue weighted by Gasteiger charge is 2.19. The summed E-state index contributed by atoms with van der Waals surface area (Å²) in [4.78, 5) is 4.60. The Bertz CT molecular complexity index is 1610. The largest absolute Gasteiger partial charge is 0.334 e. The standard InChI is InChI=1S/C36H28Cl2N2/c37-29-15-23-35(24-16-29)39(31-7-3-1-4-8-31)33-19-11-27(12-20-33)28-13-21-34(22-14-28)40(32-9-5-2-6-10-32)36-25-17-30(38)18-26-36/h1-9,11-26,32H,10H2. The van der Waals surface area contributed by atoms with Crippen LogP contribution in [-0.2, 0) is 0 Å². The first kappa shape index (κ1) is 26.0. The number of hydrogen-bond donors (Lipinski definition) is 0. The Morgan fingerprint density at radius 3 is 1.43 bits per heavy atom. The fourth-order valence-corrected chi connectivity index (χ4v) is 5.38. The van der Waals surface area contributed by atoms with Gasteiger partial charge < -0.3 is 9.80 Å². The van der Waals surface area contributed by atoms with Gasteiger partial charge in [-0.15, -0.1) is 0 Å². The van der Waals surface area contributed by atoms with Crippen molar-refractivity contribution >= 4 is 51.6 Å². The van der Waals surface area contributed by atoms with E-state index in [1.165, 1.54) is 5.56 Å². The van der Waals surface area contributed by atoms with Crippen LogP contribution in [0.25, 0.3) is 11.1 Å². The van der Waals surface area contributed by atoms with Crippen molar-refractivity contribution in [2.45, 2.75) is 12.5 Å². The Labute approximate surface area is 246 Å². The van der Waals surface area contributed by atoms with Crippen LogP contribution in [0.15, 0.2) is 152 Å². The number of allylic oxidation sites excluding steroid dienone is 2. The summed E-state index contributed by atoms with van der Waals surface area (Å²) in [5.41, 5.74) is 7.83. The molecule has 5 aromatic carbocycles. The molecule has 4 heteroatoms. The van der Waals surface area contributed by atoms with Gasteiger partial charge in [-0.05, 0) is 102 Å². The van der Waals surface area contributed by atoms with Gasteiger partial charge in [0, 0.05) is 38.5 Å². The van der Waals surface area contributed by atoms with Gasteiger partial charge in [0.1, 0.15) is 0 Å². The maximum Gasteiger partial charge on any atom is 0.0559 e. The zero-order chi connectivity index (χ0) is 27.3. The minimum atomic E-state index is 0.244. The Kier molecular flexibility index (Phi) is 7.72. The summed E-state index contributed by atoms with van der Waals surface area (Å²) in [7, 11) is 0. The lowest BCUT2D eigenvalue weighted by molar-refractivity contribution is 0.785. The molecule has 1 unspecified atom stereocenters. The van der Waals surface area contributed by atoms with Crippen LogP contribution in [-0.4, -0.2) is 6.04 Å². The molecule has 0 saturated heterocycles. The van der Waals surface area contributed by atoms with Gasteiger partial charge in [-0.3, -0.25) is 0 Å². The second kappa shape index (κ2) is 11.9. The highest BCUT2D eigenvalue weighted by Crippen LogP contribution is 2.37. The number of nitrogens with zero attached hydrogens (tertiary/aromatic N) is 2. The van der Waals surface area contributed by atoms with Crippen molar-refractivity contribution < 1.29 is 0 Å². The third-order valence-electron chi connectivity index (χ3n) is 7.10. The van der Waals surface area contributed by atoms with E-state index in [-0.39, 0.29) is 6.04 Å². The fraction of sp³-hybridized carbons (Fsp3) is 0.0556. The van der Waals surface area contributed by atoms with E-state index in [2.05, 4.69) is 119 Å². The molecule has 0 radical (unpaired) electrons. The zero-order valence-electron chi connectivity index (χ0n) is 21.9. The zero-order valence-corrected chi connectivity index (χ0v) is 23.4. The summed E-state index contributed by atoms with van der Waals surface area (Å²) in [6.45, 7) is 0. The highest BCUT2D eigenvalue weighted by molar-refractivity contribution is 6.31. The molecule has 6 rings (SSSR count). The van der Waals surface area contributed by atoms with E-state index in [1.54, 1.807) is 0 Å². The van der Waals surface area contributed by atoms with Gasteiger partial charge >= 0.3 is 0 Å². The van der Waals surface area contributed by atoms with Gasteiger partial charge in [-0.1, -0.05) is 90.0 Å². The molecule has 40 heavy (non-hydrogen) atoms. The van der Waals surface area contributed by atoms with Crippen LogP contribution in [0.3, 0.4) is 0 Å². The summed E-state index contributed by atoms with van der Waals surface area (Å²) < 4.78 is 0. The molecule has 1 aliphatic carbocycles. The average molecular weight is 560 g/mol. The van der Waals surface area contributed by atoms with Crippen LogP contribution in [0.2, 0.25) is 10.0 Å². The van der Waals surface area contributed by atoms with Crippen LogP contribution in [0.1, 0.15) is 6.42 Å². The lowest BCUT2D eigenvalue weighted by Crippen LogP contribution is -2.29. The van der Waals surface area contributed by atoms with Crippen molar-refractivity contribution in [3.8, 4) is 11.1 Å². The van der Waals surface area contributed by atoms with Gasteiger partial charge in [-0.25, -0.2) is 0 Å². The van der Waals surface area contributed by atoms with Crippen LogP contribution in [0.5, 0.6) is 0 Å². The molecule has 0 heterocycles. The van der Waals surface area contributed by atoms with Gasteiger partial charge in [0.15, 0.2) is 0 Å². The first-order valence-electron chi connectivity index (χ1n) is 13.4. The number of anilines is 5. The number of halogens is 2. The predicted molar refractivity (Wildman–Crippen MR) is 172 cm³/mol. The lowest BCUT2D eigenvalue weighted by Gasteiger charge is -2.32. The fourth-order valence-electron chi connectivity index (χ4n) is 5.12. The number of rotatable bonds is 7. The van der Waals surface area contributed by atoms with Crippen LogP contribution >= 0.6 is 23.2 Å². The van der Waals surface area contributed by atoms with E-state index in [1.807, 2.05) is 42.5 Å². The smallest absolute Gasteiger partial charge is 0.0559 e. The lowest BCUT2D eigenvalue weighted by atomic mass is 10.0. The molecule has 1 atom stereocenters. The maximum atomic E-state index is 6.19. The van der Waals surface area contributed by atoms with Crippen molar-refractivity contribution in [1.29, 1.82) is 0 Å². The first-order chi connectivity index (χ1) is 19.7. The van der Waals surface area contributed by atoms with E-state index in [0.717, 1.165) is 50.5 Å². The Hall–Kier alpha value is -4.24. The molecule has 0 amide bonds. The van der Waals surface area contributed by atoms with E-state index < -0.39 is 0 Å². The first-order valence-corrected chi connectivity index (χ1v) is 14.1. The Morgan fingerprint density at radius 2 is 0.925 bits per heavy atom. The molecule has 5 aromatic rings. The minimum Gasteiger partial charge on any atom is -0.334 e. The molecule has 0 fully saturated rings. The summed E-state index contributed by atoms with van der Waals surface area (Å²) in [5.74, 6) is 0. The average Bonchev–Trinajstić information content (AvgIpc) is 3.01. The monoisotopic (exact) mass is 558 g/mol. The highest BCUT2D eigenvalue weighted by atomic mass is 35.5. The Balaban J connectivity index is 1.29. The second-order valence-corrected chi connectivity index (χ2v) is 10.6. The molecule has 0 N–H and O–H groups in total. The molecule has 1 aliphatic rings. The van der Waals surface area contributed by atoms with Crippen molar-refractivity contribution in [2.75, 3.05) is 9.80 Å². The molecule has 196 valence electrons. The summed E-state index contributed by atoms with van der Waals surface area (Å²) in [5, 5.41) is 1.46. The molecule has 0 aromatic heterocycles. The topological polar surface area (TPSA) is 6.48 Å². The van der Waals surface area contributed by atoms with Crippen molar-refractivity contribution in [3.63, 3.8) is 0 Å². The second-order valence-electron chi connectivity index (χ2n) is 9.70. The number of benzene rings is 5. The van der Waals surface area contributed by atoms with Crippen molar-refractivity contribution in [1.82, 2.24) is 0 Å². The van der Waals surface area contributed by atoms with Gasteiger partial charge in [0.05, 0.1) is 6.04 Å².